The van der Waals surface area contributed by atoms with Crippen LogP contribution in [-0.4, -0.2) is 40.9 Å². The minimum atomic E-state index is -5.38. The Morgan fingerprint density at radius 1 is 1.39 bits per heavy atom. The van der Waals surface area contributed by atoms with E-state index in [-0.39, 0.29) is 0 Å². The maximum absolute atomic E-state index is 11.9. The van der Waals surface area contributed by atoms with Gasteiger partial charge in [0, 0.05) is 11.0 Å². The molecule has 108 valence electrons. The van der Waals surface area contributed by atoms with Crippen molar-refractivity contribution in [3.8, 4) is 0 Å². The highest BCUT2D eigenvalue weighted by atomic mass is 127. The van der Waals surface area contributed by atoms with Crippen molar-refractivity contribution in [1.82, 2.24) is 4.72 Å². The van der Waals surface area contributed by atoms with Crippen LogP contribution in [0, 0.1) is 0 Å². The Hall–Kier alpha value is 0.630. The molecule has 0 amide bonds. The van der Waals surface area contributed by atoms with Crippen molar-refractivity contribution in [2.24, 2.45) is 0 Å². The summed E-state index contributed by atoms with van der Waals surface area (Å²) in [4.78, 5) is 11.4. The average molecular weight is 515 g/mol. The van der Waals surface area contributed by atoms with Crippen molar-refractivity contribution in [3.63, 3.8) is 0 Å². The molecule has 1 atom stereocenters. The van der Waals surface area contributed by atoms with Crippen molar-refractivity contribution in [2.45, 2.75) is 15.9 Å². The van der Waals surface area contributed by atoms with Gasteiger partial charge in [-0.1, -0.05) is 45.2 Å². The van der Waals surface area contributed by atoms with Crippen LogP contribution < -0.4 is 4.72 Å². The first kappa shape index (κ1) is 18.6. The number of hydrogen-bond acceptors (Lipinski definition) is 4. The number of esters is 1. The van der Waals surface area contributed by atoms with Gasteiger partial charge in [0.1, 0.15) is 10.0 Å². The van der Waals surface area contributed by atoms with E-state index in [0.29, 0.717) is 4.43 Å². The Balaban J connectivity index is 4.15. The Morgan fingerprint density at radius 3 is 2.28 bits per heavy atom. The summed E-state index contributed by atoms with van der Waals surface area (Å²) in [6.07, 6.45) is 0. The van der Waals surface area contributed by atoms with Crippen LogP contribution in [0.2, 0.25) is 0 Å². The lowest BCUT2D eigenvalue weighted by Crippen LogP contribution is -2.39. The number of carbonyl (C=O) groups excluding carboxylic acids is 1. The molecule has 0 fully saturated rings. The maximum atomic E-state index is 11.9. The number of carbonyl (C=O) groups is 1. The van der Waals surface area contributed by atoms with Crippen LogP contribution in [0.3, 0.4) is 0 Å². The van der Waals surface area contributed by atoms with Crippen molar-refractivity contribution in [2.75, 3.05) is 17.6 Å². The second-order valence-electron chi connectivity index (χ2n) is 3.31. The van der Waals surface area contributed by atoms with Gasteiger partial charge >= 0.3 is 21.5 Å². The van der Waals surface area contributed by atoms with Crippen molar-refractivity contribution < 1.29 is 31.1 Å². The average Bonchev–Trinajstić information content (AvgIpc) is 2.22. The molecule has 18 heavy (non-hydrogen) atoms. The number of nitrogens with one attached hydrogen (secondary N) is 1. The molecule has 11 heteroatoms. The first-order chi connectivity index (χ1) is 7.94. The number of alkyl halides is 5. The molecule has 0 aromatic heterocycles. The van der Waals surface area contributed by atoms with Crippen LogP contribution in [0.25, 0.3) is 0 Å². The normalized spacial score (nSPS) is 16.1. The van der Waals surface area contributed by atoms with Gasteiger partial charge in [0.05, 0.1) is 0 Å². The molecule has 0 aliphatic rings. The summed E-state index contributed by atoms with van der Waals surface area (Å²) in [7, 11) is -5.38. The summed E-state index contributed by atoms with van der Waals surface area (Å²) in [6.45, 7) is 0.521. The maximum Gasteiger partial charge on any atom is 0.511 e. The molecular weight excluding hydrogens is 505 g/mol. The molecule has 1 unspecified atom stereocenters. The minimum absolute atomic E-state index is 0.455. The lowest BCUT2D eigenvalue weighted by Gasteiger charge is -2.17. The van der Waals surface area contributed by atoms with Crippen LogP contribution in [0.5, 0.6) is 0 Å². The Labute approximate surface area is 130 Å². The van der Waals surface area contributed by atoms with Gasteiger partial charge in [0.2, 0.25) is 0 Å². The van der Waals surface area contributed by atoms with E-state index in [0.717, 1.165) is 0 Å². The van der Waals surface area contributed by atoms with Gasteiger partial charge in [-0.05, 0) is 6.92 Å². The van der Waals surface area contributed by atoms with E-state index >= 15 is 0 Å². The second-order valence-corrected chi connectivity index (χ2v) is 8.21. The highest BCUT2D eigenvalue weighted by Crippen LogP contribution is 2.23. The molecule has 0 aromatic carbocycles. The zero-order valence-corrected chi connectivity index (χ0v) is 14.2. The van der Waals surface area contributed by atoms with Crippen LogP contribution in [0.4, 0.5) is 13.2 Å². The molecule has 1 N–H and O–H groups in total. The van der Waals surface area contributed by atoms with Crippen LogP contribution in [-0.2, 0) is 19.6 Å². The third-order valence-electron chi connectivity index (χ3n) is 1.61. The molecule has 0 saturated heterocycles. The molecule has 0 aromatic rings. The third kappa shape index (κ3) is 5.73. The second kappa shape index (κ2) is 6.88. The van der Waals surface area contributed by atoms with E-state index in [1.54, 1.807) is 6.92 Å². The molecule has 0 radical (unpaired) electrons. The van der Waals surface area contributed by atoms with Gasteiger partial charge in [-0.15, -0.1) is 0 Å². The van der Waals surface area contributed by atoms with Gasteiger partial charge in [-0.25, -0.2) is 13.1 Å². The summed E-state index contributed by atoms with van der Waals surface area (Å²) in [5.74, 6) is -0.608. The SMILES string of the molecule is CC(I)(CI)C(=O)OCCNS(=O)(=O)C(F)(F)F. The topological polar surface area (TPSA) is 72.5 Å². The van der Waals surface area contributed by atoms with Gasteiger partial charge in [-0.3, -0.25) is 4.79 Å². The highest BCUT2D eigenvalue weighted by molar-refractivity contribution is 14.1. The lowest BCUT2D eigenvalue weighted by atomic mass is 10.2. The van der Waals surface area contributed by atoms with E-state index < -0.39 is 38.1 Å². The monoisotopic (exact) mass is 515 g/mol. The van der Waals surface area contributed by atoms with E-state index in [2.05, 4.69) is 4.74 Å². The summed E-state index contributed by atoms with van der Waals surface area (Å²) >= 11 is 3.81. The van der Waals surface area contributed by atoms with Gasteiger partial charge < -0.3 is 4.74 Å². The molecule has 0 aliphatic heterocycles. The molecule has 0 saturated carbocycles. The quantitative estimate of drug-likeness (QED) is 0.253. The fourth-order valence-corrected chi connectivity index (χ4v) is 1.59. The van der Waals surface area contributed by atoms with Crippen molar-refractivity contribution in [1.29, 1.82) is 0 Å². The Morgan fingerprint density at radius 2 is 1.89 bits per heavy atom. The summed E-state index contributed by atoms with van der Waals surface area (Å²) in [6, 6.07) is 0. The Bertz CT molecular complexity index is 396. The molecule has 0 rings (SSSR count). The van der Waals surface area contributed by atoms with Gasteiger partial charge in [0.25, 0.3) is 0 Å². The molecule has 5 nitrogen and oxygen atoms in total. The molecular formula is C7H10F3I2NO4S. The minimum Gasteiger partial charge on any atom is -0.463 e. The number of ether oxygens (including phenoxy) is 1. The van der Waals surface area contributed by atoms with Crippen LogP contribution in [0.15, 0.2) is 0 Å². The predicted octanol–water partition coefficient (Wildman–Crippen LogP) is 1.60. The number of hydrogen-bond donors (Lipinski definition) is 1. The van der Waals surface area contributed by atoms with Crippen molar-refractivity contribution in [3.05, 3.63) is 0 Å². The Kier molecular flexibility index (Phi) is 7.12. The first-order valence-electron chi connectivity index (χ1n) is 4.42. The number of halogens is 5. The van der Waals surface area contributed by atoms with Gasteiger partial charge in [-0.2, -0.15) is 13.2 Å². The van der Waals surface area contributed by atoms with Crippen LogP contribution >= 0.6 is 45.2 Å². The number of rotatable bonds is 6. The summed E-state index contributed by atoms with van der Waals surface area (Å²) < 4.78 is 62.5. The molecule has 0 bridgehead atoms. The van der Waals surface area contributed by atoms with E-state index in [1.807, 2.05) is 45.2 Å². The van der Waals surface area contributed by atoms with Crippen LogP contribution in [0.1, 0.15) is 6.92 Å². The summed E-state index contributed by atoms with van der Waals surface area (Å²) in [5, 5.41) is 0. The standard InChI is InChI=1S/C7H10F3I2NO4S/c1-6(12,4-11)5(14)17-3-2-13-18(15,16)7(8,9)10/h13H,2-4H2,1H3. The largest absolute Gasteiger partial charge is 0.511 e. The molecule has 0 heterocycles. The fourth-order valence-electron chi connectivity index (χ4n) is 0.607. The van der Waals surface area contributed by atoms with Gasteiger partial charge in [0.15, 0.2) is 0 Å². The van der Waals surface area contributed by atoms with E-state index in [9.17, 15) is 26.4 Å². The number of sulfonamides is 1. The lowest BCUT2D eigenvalue weighted by molar-refractivity contribution is -0.144. The molecule has 0 spiro atoms. The summed E-state index contributed by atoms with van der Waals surface area (Å²) in [5.41, 5.74) is -5.36. The first-order valence-corrected chi connectivity index (χ1v) is 8.51. The molecule has 0 aliphatic carbocycles. The predicted molar refractivity (Wildman–Crippen MR) is 75.2 cm³/mol. The third-order valence-corrected chi connectivity index (χ3v) is 6.61. The smallest absolute Gasteiger partial charge is 0.463 e. The fraction of sp³-hybridized carbons (Fsp3) is 0.857. The van der Waals surface area contributed by atoms with Crippen molar-refractivity contribution >= 4 is 61.2 Å². The zero-order valence-electron chi connectivity index (χ0n) is 9.05. The highest BCUT2D eigenvalue weighted by Gasteiger charge is 2.45. The van der Waals surface area contributed by atoms with E-state index in [1.165, 1.54) is 4.72 Å². The van der Waals surface area contributed by atoms with E-state index in [4.69, 9.17) is 0 Å². The zero-order chi connectivity index (χ0) is 14.6.